The third kappa shape index (κ3) is 2.27. The molecule has 0 heterocycles. The van der Waals surface area contributed by atoms with Crippen LogP contribution in [0.25, 0.3) is 0 Å². The summed E-state index contributed by atoms with van der Waals surface area (Å²) in [5, 5.41) is 21.8. The van der Waals surface area contributed by atoms with Crippen molar-refractivity contribution in [3.63, 3.8) is 0 Å². The molecular weight excluding hydrogens is 230 g/mol. The number of anilines is 1. The molecule has 0 spiro atoms. The van der Waals surface area contributed by atoms with Crippen molar-refractivity contribution in [2.24, 2.45) is 0 Å². The van der Waals surface area contributed by atoms with Crippen LogP contribution in [0.3, 0.4) is 0 Å². The van der Waals surface area contributed by atoms with Crippen molar-refractivity contribution >= 4 is 11.6 Å². The number of hydrogen-bond donors (Lipinski definition) is 3. The van der Waals surface area contributed by atoms with Crippen LogP contribution in [-0.2, 0) is 0 Å². The Morgan fingerprint density at radius 2 is 1.61 bits per heavy atom. The van der Waals surface area contributed by atoms with Gasteiger partial charge in [-0.3, -0.25) is 4.79 Å². The Hall–Kier alpha value is -2.49. The average Bonchev–Trinajstić information content (AvgIpc) is 2.32. The SMILES string of the molecule is Cc1ccccc1NC(=O)c1c(O)cccc1O. The first-order valence-corrected chi connectivity index (χ1v) is 5.47. The van der Waals surface area contributed by atoms with Gasteiger partial charge in [-0.15, -0.1) is 0 Å². The largest absolute Gasteiger partial charge is 0.507 e. The summed E-state index contributed by atoms with van der Waals surface area (Å²) in [7, 11) is 0. The van der Waals surface area contributed by atoms with E-state index < -0.39 is 5.91 Å². The highest BCUT2D eigenvalue weighted by molar-refractivity contribution is 6.08. The van der Waals surface area contributed by atoms with Gasteiger partial charge < -0.3 is 15.5 Å². The minimum atomic E-state index is -0.542. The summed E-state index contributed by atoms with van der Waals surface area (Å²) in [5.74, 6) is -1.04. The molecule has 1 amide bonds. The highest BCUT2D eigenvalue weighted by atomic mass is 16.3. The molecule has 92 valence electrons. The van der Waals surface area contributed by atoms with Gasteiger partial charge in [-0.05, 0) is 30.7 Å². The van der Waals surface area contributed by atoms with Gasteiger partial charge in [-0.1, -0.05) is 24.3 Å². The van der Waals surface area contributed by atoms with E-state index in [1.165, 1.54) is 18.2 Å². The zero-order valence-electron chi connectivity index (χ0n) is 9.84. The fraction of sp³-hybridized carbons (Fsp3) is 0.0714. The maximum atomic E-state index is 12.0. The molecule has 0 unspecified atom stereocenters. The van der Waals surface area contributed by atoms with E-state index in [4.69, 9.17) is 0 Å². The Bertz CT molecular complexity index is 573. The van der Waals surface area contributed by atoms with Crippen molar-refractivity contribution in [2.45, 2.75) is 6.92 Å². The molecule has 0 bridgehead atoms. The van der Waals surface area contributed by atoms with Crippen LogP contribution in [0.15, 0.2) is 42.5 Å². The highest BCUT2D eigenvalue weighted by Gasteiger charge is 2.16. The number of phenolic OH excluding ortho intramolecular Hbond substituents is 2. The number of aryl methyl sites for hydroxylation is 1. The summed E-state index contributed by atoms with van der Waals surface area (Å²) in [5.41, 5.74) is 1.42. The summed E-state index contributed by atoms with van der Waals surface area (Å²) in [4.78, 5) is 12.0. The van der Waals surface area contributed by atoms with Gasteiger partial charge in [0.1, 0.15) is 17.1 Å². The summed E-state index contributed by atoms with van der Waals surface area (Å²) in [6, 6.07) is 11.5. The third-order valence-corrected chi connectivity index (χ3v) is 2.64. The second kappa shape index (κ2) is 4.79. The van der Waals surface area contributed by atoms with Gasteiger partial charge in [-0.2, -0.15) is 0 Å². The van der Waals surface area contributed by atoms with E-state index in [9.17, 15) is 15.0 Å². The van der Waals surface area contributed by atoms with Crippen molar-refractivity contribution < 1.29 is 15.0 Å². The van der Waals surface area contributed by atoms with Crippen LogP contribution in [0.5, 0.6) is 11.5 Å². The lowest BCUT2D eigenvalue weighted by Gasteiger charge is -2.10. The van der Waals surface area contributed by atoms with E-state index in [1.807, 2.05) is 19.1 Å². The lowest BCUT2D eigenvalue weighted by molar-refractivity contribution is 0.102. The molecule has 18 heavy (non-hydrogen) atoms. The molecule has 0 fully saturated rings. The number of benzene rings is 2. The molecule has 0 atom stereocenters. The first-order valence-electron chi connectivity index (χ1n) is 5.47. The second-order valence-electron chi connectivity index (χ2n) is 3.94. The minimum absolute atomic E-state index is 0.124. The molecule has 0 radical (unpaired) electrons. The number of carbonyl (C=O) groups is 1. The number of nitrogens with one attached hydrogen (secondary N) is 1. The van der Waals surface area contributed by atoms with Gasteiger partial charge in [0.15, 0.2) is 0 Å². The number of aromatic hydroxyl groups is 2. The molecule has 4 nitrogen and oxygen atoms in total. The van der Waals surface area contributed by atoms with E-state index in [1.54, 1.807) is 12.1 Å². The van der Waals surface area contributed by atoms with Crippen molar-refractivity contribution in [3.05, 3.63) is 53.6 Å². The summed E-state index contributed by atoms with van der Waals surface area (Å²) in [6.45, 7) is 1.86. The quantitative estimate of drug-likeness (QED) is 0.759. The molecular formula is C14H13NO3. The molecule has 4 heteroatoms. The number of rotatable bonds is 2. The smallest absolute Gasteiger partial charge is 0.263 e. The van der Waals surface area contributed by atoms with Gasteiger partial charge in [-0.25, -0.2) is 0 Å². The molecule has 3 N–H and O–H groups in total. The van der Waals surface area contributed by atoms with Gasteiger partial charge in [0.2, 0.25) is 0 Å². The Morgan fingerprint density at radius 1 is 1.00 bits per heavy atom. The first-order chi connectivity index (χ1) is 8.59. The maximum Gasteiger partial charge on any atom is 0.263 e. The highest BCUT2D eigenvalue weighted by Crippen LogP contribution is 2.27. The molecule has 2 aromatic carbocycles. The topological polar surface area (TPSA) is 69.6 Å². The molecule has 2 rings (SSSR count). The lowest BCUT2D eigenvalue weighted by atomic mass is 10.1. The van der Waals surface area contributed by atoms with Crippen molar-refractivity contribution in [1.82, 2.24) is 0 Å². The van der Waals surface area contributed by atoms with E-state index in [0.29, 0.717) is 5.69 Å². The molecule has 0 saturated carbocycles. The summed E-state index contributed by atoms with van der Waals surface area (Å²) in [6.07, 6.45) is 0. The predicted octanol–water partition coefficient (Wildman–Crippen LogP) is 2.66. The third-order valence-electron chi connectivity index (χ3n) is 2.64. The van der Waals surface area contributed by atoms with Gasteiger partial charge in [0, 0.05) is 5.69 Å². The maximum absolute atomic E-state index is 12.0. The van der Waals surface area contributed by atoms with E-state index in [-0.39, 0.29) is 17.1 Å². The predicted molar refractivity (Wildman–Crippen MR) is 68.9 cm³/mol. The number of amides is 1. The molecule has 0 aromatic heterocycles. The summed E-state index contributed by atoms with van der Waals surface area (Å²) < 4.78 is 0. The van der Waals surface area contributed by atoms with Gasteiger partial charge in [0.05, 0.1) is 0 Å². The lowest BCUT2D eigenvalue weighted by Crippen LogP contribution is -2.13. The van der Waals surface area contributed by atoms with Crippen LogP contribution < -0.4 is 5.32 Å². The molecule has 0 aliphatic carbocycles. The standard InChI is InChI=1S/C14H13NO3/c1-9-5-2-3-6-10(9)15-14(18)13-11(16)7-4-8-12(13)17/h2-8,16-17H,1H3,(H,15,18). The fourth-order valence-corrected chi connectivity index (χ4v) is 1.66. The number of carbonyl (C=O) groups excluding carboxylic acids is 1. The van der Waals surface area contributed by atoms with Crippen LogP contribution in [0.2, 0.25) is 0 Å². The Labute approximate surface area is 105 Å². The fourth-order valence-electron chi connectivity index (χ4n) is 1.66. The van der Waals surface area contributed by atoms with Crippen LogP contribution in [-0.4, -0.2) is 16.1 Å². The Balaban J connectivity index is 2.31. The summed E-state index contributed by atoms with van der Waals surface area (Å²) >= 11 is 0. The van der Waals surface area contributed by atoms with Crippen molar-refractivity contribution in [1.29, 1.82) is 0 Å². The van der Waals surface area contributed by atoms with Crippen LogP contribution in [0.4, 0.5) is 5.69 Å². The number of para-hydroxylation sites is 1. The number of phenols is 2. The van der Waals surface area contributed by atoms with Gasteiger partial charge >= 0.3 is 0 Å². The first kappa shape index (κ1) is 12.0. The zero-order chi connectivity index (χ0) is 13.1. The van der Waals surface area contributed by atoms with E-state index in [2.05, 4.69) is 5.32 Å². The average molecular weight is 243 g/mol. The van der Waals surface area contributed by atoms with Crippen LogP contribution in [0.1, 0.15) is 15.9 Å². The Kier molecular flexibility index (Phi) is 3.19. The van der Waals surface area contributed by atoms with Crippen LogP contribution in [0, 0.1) is 6.92 Å². The van der Waals surface area contributed by atoms with Crippen LogP contribution >= 0.6 is 0 Å². The van der Waals surface area contributed by atoms with Gasteiger partial charge in [0.25, 0.3) is 5.91 Å². The Morgan fingerprint density at radius 3 is 2.22 bits per heavy atom. The minimum Gasteiger partial charge on any atom is -0.507 e. The normalized spacial score (nSPS) is 10.1. The van der Waals surface area contributed by atoms with Crippen molar-refractivity contribution in [3.8, 4) is 11.5 Å². The van der Waals surface area contributed by atoms with E-state index in [0.717, 1.165) is 5.56 Å². The molecule has 0 saturated heterocycles. The number of hydrogen-bond acceptors (Lipinski definition) is 3. The zero-order valence-corrected chi connectivity index (χ0v) is 9.84. The molecule has 0 aliphatic heterocycles. The second-order valence-corrected chi connectivity index (χ2v) is 3.94. The molecule has 0 aliphatic rings. The van der Waals surface area contributed by atoms with E-state index >= 15 is 0 Å². The monoisotopic (exact) mass is 243 g/mol. The van der Waals surface area contributed by atoms with Crippen molar-refractivity contribution in [2.75, 3.05) is 5.32 Å². The molecule has 2 aromatic rings.